The van der Waals surface area contributed by atoms with E-state index in [1.54, 1.807) is 38.3 Å². The lowest BCUT2D eigenvalue weighted by Gasteiger charge is -2.37. The first-order valence-corrected chi connectivity index (χ1v) is 11.9. The molecule has 1 heterocycles. The van der Waals surface area contributed by atoms with Gasteiger partial charge >= 0.3 is 0 Å². The van der Waals surface area contributed by atoms with Crippen LogP contribution in [0.15, 0.2) is 48.5 Å². The van der Waals surface area contributed by atoms with Crippen molar-refractivity contribution < 1.29 is 22.7 Å². The van der Waals surface area contributed by atoms with Gasteiger partial charge in [-0.1, -0.05) is 0 Å². The predicted octanol–water partition coefficient (Wildman–Crippen LogP) is 2.21. The Balaban J connectivity index is 1.53. The molecule has 0 aliphatic carbocycles. The number of benzene rings is 2. The molecule has 0 spiro atoms. The average Bonchev–Trinajstić information content (AvgIpc) is 2.78. The number of anilines is 2. The lowest BCUT2D eigenvalue weighted by Crippen LogP contribution is -2.52. The summed E-state index contributed by atoms with van der Waals surface area (Å²) < 4.78 is 35.5. The number of hydrogen-bond donors (Lipinski definition) is 0. The maximum atomic E-state index is 12.8. The molecule has 2 aromatic carbocycles. The van der Waals surface area contributed by atoms with Crippen molar-refractivity contribution in [2.45, 2.75) is 13.0 Å². The van der Waals surface area contributed by atoms with E-state index in [0.29, 0.717) is 24.5 Å². The zero-order valence-electron chi connectivity index (χ0n) is 18.3. The molecule has 0 N–H and O–H groups in total. The maximum Gasteiger partial charge on any atom is 0.263 e. The van der Waals surface area contributed by atoms with Crippen LogP contribution in [0, 0.1) is 0 Å². The van der Waals surface area contributed by atoms with Gasteiger partial charge in [-0.2, -0.15) is 0 Å². The van der Waals surface area contributed by atoms with Crippen molar-refractivity contribution in [3.8, 4) is 11.5 Å². The second kappa shape index (κ2) is 9.47. The van der Waals surface area contributed by atoms with Crippen LogP contribution in [0.2, 0.25) is 0 Å². The first-order chi connectivity index (χ1) is 14.7. The lowest BCUT2D eigenvalue weighted by atomic mass is 10.2. The Labute approximate surface area is 184 Å². The summed E-state index contributed by atoms with van der Waals surface area (Å²) in [6.45, 7) is 4.47. The summed E-state index contributed by atoms with van der Waals surface area (Å²) in [5, 5.41) is 0. The van der Waals surface area contributed by atoms with Crippen LogP contribution in [-0.2, 0) is 14.8 Å². The molecule has 3 rings (SSSR count). The monoisotopic (exact) mass is 447 g/mol. The standard InChI is InChI=1S/C22H29N3O5S/c1-17(30-21-11-5-18(6-12-21)23(2)31(4,27)28)22(26)25-15-13-24(14-16-25)19-7-9-20(29-3)10-8-19/h5-12,17H,13-16H2,1-4H3/t17-/m0/s1. The van der Waals surface area contributed by atoms with E-state index in [1.807, 2.05) is 29.2 Å². The lowest BCUT2D eigenvalue weighted by molar-refractivity contribution is -0.138. The second-order valence-corrected chi connectivity index (χ2v) is 9.51. The fourth-order valence-corrected chi connectivity index (χ4v) is 3.92. The summed E-state index contributed by atoms with van der Waals surface area (Å²) in [7, 11) is -0.194. The van der Waals surface area contributed by atoms with Crippen LogP contribution in [-0.4, -0.2) is 71.9 Å². The fraction of sp³-hybridized carbons (Fsp3) is 0.409. The Kier molecular flexibility index (Phi) is 6.94. The third-order valence-corrected chi connectivity index (χ3v) is 6.59. The van der Waals surface area contributed by atoms with Gasteiger partial charge in [0.15, 0.2) is 6.10 Å². The summed E-state index contributed by atoms with van der Waals surface area (Å²) in [6.07, 6.45) is 0.512. The molecular weight excluding hydrogens is 418 g/mol. The molecule has 1 aliphatic rings. The molecule has 0 radical (unpaired) electrons. The summed E-state index contributed by atoms with van der Waals surface area (Å²) >= 11 is 0. The van der Waals surface area contributed by atoms with Gasteiger partial charge in [0.2, 0.25) is 10.0 Å². The molecular formula is C22H29N3O5S. The van der Waals surface area contributed by atoms with E-state index in [2.05, 4.69) is 4.90 Å². The summed E-state index contributed by atoms with van der Waals surface area (Å²) in [4.78, 5) is 16.9. The summed E-state index contributed by atoms with van der Waals surface area (Å²) in [5.74, 6) is 1.27. The highest BCUT2D eigenvalue weighted by Gasteiger charge is 2.26. The minimum absolute atomic E-state index is 0.0632. The number of rotatable bonds is 7. The number of amides is 1. The Morgan fingerprint density at radius 3 is 2.03 bits per heavy atom. The van der Waals surface area contributed by atoms with Gasteiger partial charge in [-0.15, -0.1) is 0 Å². The van der Waals surface area contributed by atoms with E-state index < -0.39 is 16.1 Å². The molecule has 0 aromatic heterocycles. The highest BCUT2D eigenvalue weighted by Crippen LogP contribution is 2.23. The SMILES string of the molecule is COc1ccc(N2CCN(C(=O)[C@H](C)Oc3ccc(N(C)S(C)(=O)=O)cc3)CC2)cc1. The highest BCUT2D eigenvalue weighted by molar-refractivity contribution is 7.92. The van der Waals surface area contributed by atoms with Gasteiger partial charge in [-0.25, -0.2) is 8.42 Å². The molecule has 8 nitrogen and oxygen atoms in total. The average molecular weight is 448 g/mol. The molecule has 1 atom stereocenters. The molecule has 168 valence electrons. The maximum absolute atomic E-state index is 12.8. The normalized spacial score (nSPS) is 15.4. The zero-order chi connectivity index (χ0) is 22.6. The third kappa shape index (κ3) is 5.61. The molecule has 0 unspecified atom stereocenters. The van der Waals surface area contributed by atoms with Gasteiger partial charge < -0.3 is 19.3 Å². The third-order valence-electron chi connectivity index (χ3n) is 5.39. The largest absolute Gasteiger partial charge is 0.497 e. The highest BCUT2D eigenvalue weighted by atomic mass is 32.2. The number of ether oxygens (including phenoxy) is 2. The Hall–Kier alpha value is -2.94. The van der Waals surface area contributed by atoms with Crippen molar-refractivity contribution in [2.24, 2.45) is 0 Å². The Morgan fingerprint density at radius 2 is 1.52 bits per heavy atom. The molecule has 2 aromatic rings. The number of carbonyl (C=O) groups is 1. The molecule has 1 saturated heterocycles. The summed E-state index contributed by atoms with van der Waals surface area (Å²) in [5.41, 5.74) is 1.64. The molecule has 1 fully saturated rings. The number of carbonyl (C=O) groups excluding carboxylic acids is 1. The van der Waals surface area contributed by atoms with Crippen LogP contribution in [0.3, 0.4) is 0 Å². The van der Waals surface area contributed by atoms with Crippen LogP contribution in [0.4, 0.5) is 11.4 Å². The van der Waals surface area contributed by atoms with Crippen LogP contribution in [0.5, 0.6) is 11.5 Å². The van der Waals surface area contributed by atoms with Crippen molar-refractivity contribution >= 4 is 27.3 Å². The van der Waals surface area contributed by atoms with Crippen LogP contribution >= 0.6 is 0 Å². The number of hydrogen-bond acceptors (Lipinski definition) is 6. The Bertz CT molecular complexity index is 985. The zero-order valence-corrected chi connectivity index (χ0v) is 19.1. The van der Waals surface area contributed by atoms with Crippen LogP contribution in [0.25, 0.3) is 0 Å². The van der Waals surface area contributed by atoms with Crippen molar-refractivity contribution in [1.29, 1.82) is 0 Å². The number of methoxy groups -OCH3 is 1. The topological polar surface area (TPSA) is 79.4 Å². The smallest absolute Gasteiger partial charge is 0.263 e. The van der Waals surface area contributed by atoms with Crippen molar-refractivity contribution in [3.63, 3.8) is 0 Å². The van der Waals surface area contributed by atoms with E-state index in [0.717, 1.165) is 30.8 Å². The molecule has 31 heavy (non-hydrogen) atoms. The van der Waals surface area contributed by atoms with E-state index in [-0.39, 0.29) is 5.91 Å². The molecule has 0 saturated carbocycles. The summed E-state index contributed by atoms with van der Waals surface area (Å²) in [6, 6.07) is 14.6. The van der Waals surface area contributed by atoms with Gasteiger partial charge in [0.05, 0.1) is 19.1 Å². The Morgan fingerprint density at radius 1 is 0.968 bits per heavy atom. The van der Waals surface area contributed by atoms with Crippen molar-refractivity contribution in [3.05, 3.63) is 48.5 Å². The van der Waals surface area contributed by atoms with Gasteiger partial charge in [0.1, 0.15) is 11.5 Å². The first kappa shape index (κ1) is 22.7. The van der Waals surface area contributed by atoms with Gasteiger partial charge in [0.25, 0.3) is 5.91 Å². The van der Waals surface area contributed by atoms with Gasteiger partial charge in [-0.05, 0) is 55.5 Å². The van der Waals surface area contributed by atoms with Gasteiger partial charge in [-0.3, -0.25) is 9.10 Å². The molecule has 1 aliphatic heterocycles. The van der Waals surface area contributed by atoms with Crippen molar-refractivity contribution in [1.82, 2.24) is 4.90 Å². The van der Waals surface area contributed by atoms with Gasteiger partial charge in [0, 0.05) is 38.9 Å². The van der Waals surface area contributed by atoms with Crippen LogP contribution < -0.4 is 18.7 Å². The van der Waals surface area contributed by atoms with E-state index in [1.165, 1.54) is 11.4 Å². The van der Waals surface area contributed by atoms with Crippen molar-refractivity contribution in [2.75, 3.05) is 55.8 Å². The van der Waals surface area contributed by atoms with Crippen LogP contribution in [0.1, 0.15) is 6.92 Å². The minimum Gasteiger partial charge on any atom is -0.497 e. The molecule has 1 amide bonds. The quantitative estimate of drug-likeness (QED) is 0.648. The minimum atomic E-state index is -3.33. The predicted molar refractivity (Wildman–Crippen MR) is 122 cm³/mol. The fourth-order valence-electron chi connectivity index (χ4n) is 3.42. The molecule has 9 heteroatoms. The van der Waals surface area contributed by atoms with E-state index in [9.17, 15) is 13.2 Å². The molecule has 0 bridgehead atoms. The number of nitrogens with zero attached hydrogens (tertiary/aromatic N) is 3. The number of piperazine rings is 1. The first-order valence-electron chi connectivity index (χ1n) is 10.1. The second-order valence-electron chi connectivity index (χ2n) is 7.49. The van der Waals surface area contributed by atoms with E-state index in [4.69, 9.17) is 9.47 Å². The number of sulfonamides is 1. The van der Waals surface area contributed by atoms with E-state index >= 15 is 0 Å².